The molecule has 1 aliphatic heterocycles. The summed E-state index contributed by atoms with van der Waals surface area (Å²) in [5.41, 5.74) is 6.46. The fraction of sp³-hybridized carbons (Fsp3) is 1.00. The highest BCUT2D eigenvalue weighted by Crippen LogP contribution is 2.36. The molecule has 0 aromatic rings. The summed E-state index contributed by atoms with van der Waals surface area (Å²) >= 11 is 0. The van der Waals surface area contributed by atoms with Crippen molar-refractivity contribution < 1.29 is 4.74 Å². The SMILES string of the molecule is CCC1CCCCC1C(N)C1CCCCO1. The van der Waals surface area contributed by atoms with Crippen molar-refractivity contribution in [1.82, 2.24) is 0 Å². The summed E-state index contributed by atoms with van der Waals surface area (Å²) in [5.74, 6) is 1.58. The average Bonchev–Trinajstić information content (AvgIpc) is 2.39. The summed E-state index contributed by atoms with van der Waals surface area (Å²) in [6.45, 7) is 3.25. The molecule has 94 valence electrons. The molecule has 2 rings (SSSR count). The second-order valence-electron chi connectivity index (χ2n) is 5.60. The molecule has 2 heteroatoms. The van der Waals surface area contributed by atoms with Crippen LogP contribution in [0.2, 0.25) is 0 Å². The predicted octanol–water partition coefficient (Wildman–Crippen LogP) is 3.10. The van der Waals surface area contributed by atoms with E-state index in [0.29, 0.717) is 12.1 Å². The Morgan fingerprint density at radius 3 is 2.56 bits per heavy atom. The summed E-state index contributed by atoms with van der Waals surface area (Å²) < 4.78 is 5.86. The molecule has 1 heterocycles. The number of ether oxygens (including phenoxy) is 1. The van der Waals surface area contributed by atoms with Gasteiger partial charge in [0.1, 0.15) is 0 Å². The fourth-order valence-corrected chi connectivity index (χ4v) is 3.59. The zero-order valence-electron chi connectivity index (χ0n) is 10.7. The smallest absolute Gasteiger partial charge is 0.0728 e. The number of hydrogen-bond donors (Lipinski definition) is 1. The van der Waals surface area contributed by atoms with E-state index in [-0.39, 0.29) is 0 Å². The number of hydrogen-bond acceptors (Lipinski definition) is 2. The molecule has 0 amide bonds. The maximum absolute atomic E-state index is 6.46. The van der Waals surface area contributed by atoms with Crippen LogP contribution in [0.3, 0.4) is 0 Å². The van der Waals surface area contributed by atoms with E-state index in [0.717, 1.165) is 18.4 Å². The van der Waals surface area contributed by atoms with Gasteiger partial charge in [0.15, 0.2) is 0 Å². The van der Waals surface area contributed by atoms with Crippen LogP contribution in [0.4, 0.5) is 0 Å². The molecule has 2 N–H and O–H groups in total. The molecule has 0 radical (unpaired) electrons. The van der Waals surface area contributed by atoms with Crippen LogP contribution in [0.15, 0.2) is 0 Å². The normalized spacial score (nSPS) is 38.2. The molecule has 0 aromatic heterocycles. The lowest BCUT2D eigenvalue weighted by molar-refractivity contribution is -0.0234. The first-order valence-corrected chi connectivity index (χ1v) is 7.20. The third-order valence-electron chi connectivity index (χ3n) is 4.63. The molecule has 0 spiro atoms. The van der Waals surface area contributed by atoms with Crippen LogP contribution in [-0.2, 0) is 4.74 Å². The monoisotopic (exact) mass is 225 g/mol. The quantitative estimate of drug-likeness (QED) is 0.801. The third-order valence-corrected chi connectivity index (χ3v) is 4.63. The summed E-state index contributed by atoms with van der Waals surface area (Å²) in [6.07, 6.45) is 10.9. The van der Waals surface area contributed by atoms with Crippen molar-refractivity contribution in [2.24, 2.45) is 17.6 Å². The lowest BCUT2D eigenvalue weighted by Gasteiger charge is -2.39. The molecule has 4 atom stereocenters. The van der Waals surface area contributed by atoms with Gasteiger partial charge in [0.2, 0.25) is 0 Å². The van der Waals surface area contributed by atoms with Gasteiger partial charge in [0, 0.05) is 12.6 Å². The summed E-state index contributed by atoms with van der Waals surface area (Å²) in [6, 6.07) is 0.297. The van der Waals surface area contributed by atoms with E-state index in [1.807, 2.05) is 0 Å². The average molecular weight is 225 g/mol. The molecule has 4 unspecified atom stereocenters. The molecule has 2 nitrogen and oxygen atoms in total. The van der Waals surface area contributed by atoms with Gasteiger partial charge in [0.25, 0.3) is 0 Å². The Hall–Kier alpha value is -0.0800. The Balaban J connectivity index is 1.92. The Labute approximate surface area is 99.9 Å². The van der Waals surface area contributed by atoms with Gasteiger partial charge >= 0.3 is 0 Å². The van der Waals surface area contributed by atoms with Crippen LogP contribution in [0.1, 0.15) is 58.3 Å². The van der Waals surface area contributed by atoms with Gasteiger partial charge < -0.3 is 10.5 Å². The second kappa shape index (κ2) is 6.02. The van der Waals surface area contributed by atoms with Crippen LogP contribution < -0.4 is 5.73 Å². The molecule has 16 heavy (non-hydrogen) atoms. The molecule has 2 fully saturated rings. The number of rotatable bonds is 3. The lowest BCUT2D eigenvalue weighted by atomic mass is 9.72. The molecule has 0 bridgehead atoms. The lowest BCUT2D eigenvalue weighted by Crippen LogP contribution is -2.47. The number of nitrogens with two attached hydrogens (primary N) is 1. The molecule has 0 aromatic carbocycles. The zero-order valence-corrected chi connectivity index (χ0v) is 10.7. The van der Waals surface area contributed by atoms with Gasteiger partial charge in [-0.2, -0.15) is 0 Å². The molecular formula is C14H27NO. The van der Waals surface area contributed by atoms with Crippen molar-refractivity contribution in [3.05, 3.63) is 0 Å². The Kier molecular flexibility index (Phi) is 4.66. The van der Waals surface area contributed by atoms with Crippen LogP contribution in [-0.4, -0.2) is 18.8 Å². The van der Waals surface area contributed by atoms with E-state index in [2.05, 4.69) is 6.92 Å². The Morgan fingerprint density at radius 1 is 1.12 bits per heavy atom. The zero-order chi connectivity index (χ0) is 11.4. The first-order chi connectivity index (χ1) is 7.83. The van der Waals surface area contributed by atoms with Crippen LogP contribution in [0.25, 0.3) is 0 Å². The van der Waals surface area contributed by atoms with Crippen molar-refractivity contribution in [2.75, 3.05) is 6.61 Å². The minimum atomic E-state index is 0.297. The molecule has 1 saturated carbocycles. The highest BCUT2D eigenvalue weighted by Gasteiger charge is 2.34. The van der Waals surface area contributed by atoms with Gasteiger partial charge in [-0.3, -0.25) is 0 Å². The van der Waals surface area contributed by atoms with Crippen molar-refractivity contribution in [2.45, 2.75) is 70.4 Å². The van der Waals surface area contributed by atoms with Gasteiger partial charge in [-0.15, -0.1) is 0 Å². The van der Waals surface area contributed by atoms with Crippen LogP contribution in [0, 0.1) is 11.8 Å². The van der Waals surface area contributed by atoms with Crippen LogP contribution >= 0.6 is 0 Å². The fourth-order valence-electron chi connectivity index (χ4n) is 3.59. The van der Waals surface area contributed by atoms with E-state index in [4.69, 9.17) is 10.5 Å². The van der Waals surface area contributed by atoms with E-state index >= 15 is 0 Å². The minimum absolute atomic E-state index is 0.297. The molecule has 1 aliphatic carbocycles. The van der Waals surface area contributed by atoms with Gasteiger partial charge in [0.05, 0.1) is 6.10 Å². The molecule has 2 aliphatic rings. The highest BCUT2D eigenvalue weighted by atomic mass is 16.5. The highest BCUT2D eigenvalue weighted by molar-refractivity contribution is 4.88. The summed E-state index contributed by atoms with van der Waals surface area (Å²) in [7, 11) is 0. The van der Waals surface area contributed by atoms with E-state index in [1.165, 1.54) is 51.4 Å². The summed E-state index contributed by atoms with van der Waals surface area (Å²) in [5, 5.41) is 0. The van der Waals surface area contributed by atoms with Gasteiger partial charge in [-0.25, -0.2) is 0 Å². The Morgan fingerprint density at radius 2 is 1.88 bits per heavy atom. The first kappa shape index (κ1) is 12.4. The van der Waals surface area contributed by atoms with E-state index in [9.17, 15) is 0 Å². The predicted molar refractivity (Wildman–Crippen MR) is 67.3 cm³/mol. The topological polar surface area (TPSA) is 35.2 Å². The molecule has 1 saturated heterocycles. The summed E-state index contributed by atoms with van der Waals surface area (Å²) in [4.78, 5) is 0. The van der Waals surface area contributed by atoms with Gasteiger partial charge in [-0.05, 0) is 37.5 Å². The van der Waals surface area contributed by atoms with E-state index in [1.54, 1.807) is 0 Å². The largest absolute Gasteiger partial charge is 0.377 e. The molecular weight excluding hydrogens is 198 g/mol. The first-order valence-electron chi connectivity index (χ1n) is 7.20. The second-order valence-corrected chi connectivity index (χ2v) is 5.60. The maximum Gasteiger partial charge on any atom is 0.0728 e. The van der Waals surface area contributed by atoms with Crippen molar-refractivity contribution >= 4 is 0 Å². The maximum atomic E-state index is 6.46. The third kappa shape index (κ3) is 2.78. The standard InChI is InChI=1S/C14H27NO/c1-2-11-7-3-4-8-12(11)14(15)13-9-5-6-10-16-13/h11-14H,2-10,15H2,1H3. The minimum Gasteiger partial charge on any atom is -0.377 e. The Bertz CT molecular complexity index is 201. The van der Waals surface area contributed by atoms with Crippen LogP contribution in [0.5, 0.6) is 0 Å². The van der Waals surface area contributed by atoms with Crippen molar-refractivity contribution in [3.8, 4) is 0 Å². The van der Waals surface area contributed by atoms with Gasteiger partial charge in [-0.1, -0.05) is 32.6 Å². The van der Waals surface area contributed by atoms with Crippen molar-refractivity contribution in [1.29, 1.82) is 0 Å². The van der Waals surface area contributed by atoms with Crippen molar-refractivity contribution in [3.63, 3.8) is 0 Å². The van der Waals surface area contributed by atoms with E-state index < -0.39 is 0 Å².